The van der Waals surface area contributed by atoms with Crippen LogP contribution in [-0.4, -0.2) is 0 Å². The van der Waals surface area contributed by atoms with Crippen LogP contribution in [-0.2, 0) is 0 Å². The van der Waals surface area contributed by atoms with Crippen molar-refractivity contribution in [3.05, 3.63) is 339 Å². The average molecular weight is 1230 g/mol. The van der Waals surface area contributed by atoms with Crippen molar-refractivity contribution in [3.63, 3.8) is 0 Å². The minimum absolute atomic E-state index is 0.863. The summed E-state index contributed by atoms with van der Waals surface area (Å²) in [6.07, 6.45) is 6.10. The molecule has 0 saturated carbocycles. The van der Waals surface area contributed by atoms with Crippen LogP contribution in [0.25, 0.3) is 210 Å². The predicted molar refractivity (Wildman–Crippen MR) is 414 cm³/mol. The molecule has 452 valence electrons. The molecular formula is C95H60O2. The van der Waals surface area contributed by atoms with E-state index in [-0.39, 0.29) is 0 Å². The maximum absolute atomic E-state index is 6.90. The van der Waals surface area contributed by atoms with Crippen LogP contribution in [0, 0.1) is 0 Å². The molecule has 0 fully saturated rings. The second-order valence-electron chi connectivity index (χ2n) is 25.8. The smallest absolute Gasteiger partial charge is 0.136 e. The van der Waals surface area contributed by atoms with Crippen molar-refractivity contribution in [2.45, 2.75) is 6.92 Å². The lowest BCUT2D eigenvalue weighted by Gasteiger charge is -2.19. The maximum Gasteiger partial charge on any atom is 0.136 e. The number of benzene rings is 17. The van der Waals surface area contributed by atoms with Crippen LogP contribution in [0.2, 0.25) is 0 Å². The molecule has 0 aliphatic rings. The Morgan fingerprint density at radius 1 is 0.227 bits per heavy atom. The molecule has 17 aromatic carbocycles. The van der Waals surface area contributed by atoms with Gasteiger partial charge in [0.1, 0.15) is 22.3 Å². The number of hydrogen-bond donors (Lipinski definition) is 0. The topological polar surface area (TPSA) is 26.3 Å². The van der Waals surface area contributed by atoms with Crippen LogP contribution in [0.1, 0.15) is 18.1 Å². The molecule has 0 radical (unpaired) electrons. The molecule has 0 spiro atoms. The lowest BCUT2D eigenvalue weighted by molar-refractivity contribution is 0.668. The molecule has 0 aliphatic heterocycles. The molecule has 0 N–H and O–H groups in total. The lowest BCUT2D eigenvalue weighted by Crippen LogP contribution is -1.92. The van der Waals surface area contributed by atoms with Gasteiger partial charge < -0.3 is 8.83 Å². The van der Waals surface area contributed by atoms with E-state index in [1.54, 1.807) is 0 Å². The predicted octanol–water partition coefficient (Wildman–Crippen LogP) is 27.4. The summed E-state index contributed by atoms with van der Waals surface area (Å²) in [6, 6.07) is 116. The third-order valence-electron chi connectivity index (χ3n) is 20.2. The van der Waals surface area contributed by atoms with E-state index in [0.717, 1.165) is 116 Å². The van der Waals surface area contributed by atoms with Crippen molar-refractivity contribution in [2.75, 3.05) is 0 Å². The van der Waals surface area contributed by atoms with Gasteiger partial charge in [0.05, 0.1) is 0 Å². The lowest BCUT2D eigenvalue weighted by atomic mass is 9.84. The van der Waals surface area contributed by atoms with Crippen molar-refractivity contribution >= 4 is 121 Å². The normalized spacial score (nSPS) is 12.0. The van der Waals surface area contributed by atoms with Gasteiger partial charge in [0, 0.05) is 21.5 Å². The molecule has 0 aliphatic carbocycles. The Bertz CT molecular complexity index is 6410. The maximum atomic E-state index is 6.90. The van der Waals surface area contributed by atoms with Gasteiger partial charge in [-0.1, -0.05) is 255 Å². The summed E-state index contributed by atoms with van der Waals surface area (Å²) in [5.74, 6) is 0. The van der Waals surface area contributed by atoms with Gasteiger partial charge in [-0.25, -0.2) is 0 Å². The Labute approximate surface area is 561 Å². The molecule has 0 unspecified atom stereocenters. The molecule has 2 heteroatoms. The fourth-order valence-corrected chi connectivity index (χ4v) is 15.8. The average Bonchev–Trinajstić information content (AvgIpc) is 1.73. The fraction of sp³-hybridized carbons (Fsp3) is 0.0105. The minimum Gasteiger partial charge on any atom is -0.456 e. The number of furan rings is 2. The van der Waals surface area contributed by atoms with Crippen molar-refractivity contribution in [1.82, 2.24) is 0 Å². The molecular weight excluding hydrogens is 1170 g/mol. The molecule has 0 saturated heterocycles. The molecule has 0 amide bonds. The van der Waals surface area contributed by atoms with Gasteiger partial charge >= 0.3 is 0 Å². The van der Waals surface area contributed by atoms with E-state index in [4.69, 9.17) is 8.83 Å². The number of rotatable bonds is 10. The second-order valence-corrected chi connectivity index (χ2v) is 25.8. The molecule has 2 heterocycles. The zero-order chi connectivity index (χ0) is 64.2. The number of allylic oxidation sites excluding steroid dienone is 1. The Morgan fingerprint density at radius 2 is 0.629 bits per heavy atom. The van der Waals surface area contributed by atoms with Crippen LogP contribution in [0.4, 0.5) is 0 Å². The highest BCUT2D eigenvalue weighted by Gasteiger charge is 2.23. The minimum atomic E-state index is 0.863. The van der Waals surface area contributed by atoms with E-state index in [2.05, 4.69) is 334 Å². The van der Waals surface area contributed by atoms with Crippen LogP contribution >= 0.6 is 0 Å². The standard InChI is InChI=1S/C95H60O2/c1-3-21-61-56-90-86(52-58(61)4-2)84-54-69(42-44-88(84)96-90)94-79-35-14-16-37-81(79)95(82-38-17-15-36-80(82)94)73-50-71(59-22-6-5-7-23-59)49-72(51-73)64-27-18-28-66(47-64)74-39-20-29-67-53-87-85-55-70(43-45-89(85)97-91(87)57-83(67)74)93-77-33-12-10-31-75(77)92(76-32-11-13-34-78(76)93)68-30-19-26-63(48-68)65-41-40-60-24-8-9-25-62(60)46-65/h3-57H,2H2,1H3/b21-3-. The summed E-state index contributed by atoms with van der Waals surface area (Å²) in [5.41, 5.74) is 24.4. The zero-order valence-electron chi connectivity index (χ0n) is 53.3. The highest BCUT2D eigenvalue weighted by molar-refractivity contribution is 6.25. The van der Waals surface area contributed by atoms with Gasteiger partial charge in [-0.3, -0.25) is 0 Å². The van der Waals surface area contributed by atoms with Crippen molar-refractivity contribution < 1.29 is 8.83 Å². The van der Waals surface area contributed by atoms with E-state index in [1.807, 2.05) is 13.0 Å². The third-order valence-corrected chi connectivity index (χ3v) is 20.2. The molecule has 2 nitrogen and oxygen atoms in total. The summed E-state index contributed by atoms with van der Waals surface area (Å²) < 4.78 is 13.4. The summed E-state index contributed by atoms with van der Waals surface area (Å²) in [5, 5.41) is 18.8. The third kappa shape index (κ3) is 9.25. The summed E-state index contributed by atoms with van der Waals surface area (Å²) in [7, 11) is 0. The first kappa shape index (κ1) is 56.0. The molecule has 0 atom stereocenters. The van der Waals surface area contributed by atoms with Gasteiger partial charge in [0.25, 0.3) is 0 Å². The van der Waals surface area contributed by atoms with Gasteiger partial charge in [0.2, 0.25) is 0 Å². The van der Waals surface area contributed by atoms with Gasteiger partial charge in [-0.05, 0) is 257 Å². The van der Waals surface area contributed by atoms with Crippen LogP contribution in [0.3, 0.4) is 0 Å². The molecule has 2 aromatic heterocycles. The largest absolute Gasteiger partial charge is 0.456 e. The van der Waals surface area contributed by atoms with Gasteiger partial charge in [-0.2, -0.15) is 0 Å². The van der Waals surface area contributed by atoms with Gasteiger partial charge in [0.15, 0.2) is 0 Å². The summed E-state index contributed by atoms with van der Waals surface area (Å²) in [4.78, 5) is 0. The van der Waals surface area contributed by atoms with E-state index >= 15 is 0 Å². The highest BCUT2D eigenvalue weighted by atomic mass is 16.3. The van der Waals surface area contributed by atoms with Gasteiger partial charge in [-0.15, -0.1) is 0 Å². The Balaban J connectivity index is 0.715. The monoisotopic (exact) mass is 1230 g/mol. The molecule has 19 aromatic rings. The fourth-order valence-electron chi connectivity index (χ4n) is 15.8. The van der Waals surface area contributed by atoms with E-state index in [9.17, 15) is 0 Å². The molecule has 97 heavy (non-hydrogen) atoms. The molecule has 0 bridgehead atoms. The second kappa shape index (κ2) is 22.6. The number of fused-ring (bicyclic) bond motifs is 12. The van der Waals surface area contributed by atoms with Crippen LogP contribution in [0.15, 0.2) is 337 Å². The number of hydrogen-bond acceptors (Lipinski definition) is 2. The van der Waals surface area contributed by atoms with Crippen LogP contribution in [0.5, 0.6) is 0 Å². The quantitative estimate of drug-likeness (QED) is 0.128. The first-order valence-electron chi connectivity index (χ1n) is 33.4. The first-order valence-corrected chi connectivity index (χ1v) is 33.4. The van der Waals surface area contributed by atoms with Crippen molar-refractivity contribution in [1.29, 1.82) is 0 Å². The van der Waals surface area contributed by atoms with E-state index < -0.39 is 0 Å². The molecule has 19 rings (SSSR count). The Kier molecular flexibility index (Phi) is 13.0. The van der Waals surface area contributed by atoms with E-state index in [0.29, 0.717) is 0 Å². The Morgan fingerprint density at radius 3 is 1.22 bits per heavy atom. The SMILES string of the molecule is C=Cc1cc2c(cc1/C=C\C)oc1ccc(-c3c4ccccc4c(-c4cc(-c5ccccc5)cc(-c5cccc(-c6cccc7cc8c(cc67)oc6ccc(-c7c9ccccc9c(-c9cccc(-c%10ccc%11ccccc%11c%10)c9)c9ccccc79)cc68)c5)c4)c4ccccc34)cc12. The summed E-state index contributed by atoms with van der Waals surface area (Å²) in [6.45, 7) is 6.20. The Hall–Kier alpha value is -12.6. The first-order chi connectivity index (χ1) is 48.0. The zero-order valence-corrected chi connectivity index (χ0v) is 53.3. The van der Waals surface area contributed by atoms with E-state index in [1.165, 1.54) is 92.8 Å². The summed E-state index contributed by atoms with van der Waals surface area (Å²) >= 11 is 0. The van der Waals surface area contributed by atoms with Crippen molar-refractivity contribution in [2.24, 2.45) is 0 Å². The van der Waals surface area contributed by atoms with Crippen molar-refractivity contribution in [3.8, 4) is 89.0 Å². The highest BCUT2D eigenvalue weighted by Crippen LogP contribution is 2.49. The van der Waals surface area contributed by atoms with Crippen LogP contribution < -0.4 is 0 Å².